The van der Waals surface area contributed by atoms with Crippen molar-refractivity contribution in [3.05, 3.63) is 0 Å². The Morgan fingerprint density at radius 1 is 1.30 bits per heavy atom. The molecule has 3 N–H and O–H groups in total. The molecule has 4 nitrogen and oxygen atoms in total. The summed E-state index contributed by atoms with van der Waals surface area (Å²) in [6, 6.07) is 0.511. The number of nitrogens with one attached hydrogen (secondary N) is 1. The Bertz CT molecular complexity index is 296. The minimum absolute atomic E-state index is 0. The highest BCUT2D eigenvalue weighted by atomic mass is 127. The number of likely N-dealkylation sites (tertiary alicyclic amines) is 1. The number of hydrogen-bond donors (Lipinski definition) is 2. The van der Waals surface area contributed by atoms with Crippen LogP contribution in [-0.4, -0.2) is 43.1 Å². The van der Waals surface area contributed by atoms with E-state index < -0.39 is 0 Å². The molecule has 2 aliphatic rings. The third-order valence-electron chi connectivity index (χ3n) is 4.76. The van der Waals surface area contributed by atoms with E-state index in [9.17, 15) is 0 Å². The molecule has 1 aliphatic carbocycles. The molecule has 1 heterocycles. The quantitative estimate of drug-likeness (QED) is 0.428. The number of piperidine rings is 1. The number of nitrogens with zero attached hydrogens (tertiary/aromatic N) is 2. The summed E-state index contributed by atoms with van der Waals surface area (Å²) in [5, 5.41) is 3.26. The van der Waals surface area contributed by atoms with E-state index in [-0.39, 0.29) is 24.0 Å². The van der Waals surface area contributed by atoms with Gasteiger partial charge in [-0.05, 0) is 57.5 Å². The van der Waals surface area contributed by atoms with Crippen LogP contribution in [0.15, 0.2) is 4.99 Å². The zero-order chi connectivity index (χ0) is 13.7. The lowest BCUT2D eigenvalue weighted by atomic mass is 9.85. The van der Waals surface area contributed by atoms with Gasteiger partial charge in [-0.2, -0.15) is 0 Å². The van der Waals surface area contributed by atoms with Gasteiger partial charge in [-0.25, -0.2) is 0 Å². The second-order valence-corrected chi connectivity index (χ2v) is 6.47. The molecule has 1 aliphatic heterocycles. The van der Waals surface area contributed by atoms with E-state index in [4.69, 9.17) is 5.73 Å². The molecular formula is C15H31IN4. The van der Waals surface area contributed by atoms with Gasteiger partial charge in [-0.3, -0.25) is 9.89 Å². The number of aliphatic imine (C=N–C) groups is 1. The van der Waals surface area contributed by atoms with Crippen molar-refractivity contribution >= 4 is 29.9 Å². The Hall–Kier alpha value is -0.0400. The lowest BCUT2D eigenvalue weighted by Crippen LogP contribution is -2.42. The van der Waals surface area contributed by atoms with Gasteiger partial charge in [0.05, 0.1) is 6.54 Å². The van der Waals surface area contributed by atoms with Crippen molar-refractivity contribution in [3.63, 3.8) is 0 Å². The van der Waals surface area contributed by atoms with Gasteiger partial charge < -0.3 is 11.1 Å². The number of hydrogen-bond acceptors (Lipinski definition) is 2. The van der Waals surface area contributed by atoms with Crippen molar-refractivity contribution in [2.24, 2.45) is 22.6 Å². The largest absolute Gasteiger partial charge is 0.370 e. The smallest absolute Gasteiger partial charge is 0.188 e. The highest BCUT2D eigenvalue weighted by Crippen LogP contribution is 2.25. The van der Waals surface area contributed by atoms with E-state index in [0.717, 1.165) is 24.9 Å². The van der Waals surface area contributed by atoms with Gasteiger partial charge in [0.25, 0.3) is 0 Å². The first-order valence-electron chi connectivity index (χ1n) is 7.93. The van der Waals surface area contributed by atoms with Crippen LogP contribution in [0.25, 0.3) is 0 Å². The molecule has 1 atom stereocenters. The van der Waals surface area contributed by atoms with Gasteiger partial charge in [-0.15, -0.1) is 24.0 Å². The fourth-order valence-corrected chi connectivity index (χ4v) is 2.82. The SMILES string of the molecule is CC1CCN(C(C)CN=C(N)NCC2CCC2)CC1.I. The first-order valence-corrected chi connectivity index (χ1v) is 7.93. The van der Waals surface area contributed by atoms with E-state index in [0.29, 0.717) is 12.0 Å². The van der Waals surface area contributed by atoms with Crippen LogP contribution in [0.2, 0.25) is 0 Å². The number of nitrogens with two attached hydrogens (primary N) is 1. The molecule has 0 amide bonds. The Labute approximate surface area is 141 Å². The van der Waals surface area contributed by atoms with Crippen molar-refractivity contribution < 1.29 is 0 Å². The zero-order valence-electron chi connectivity index (χ0n) is 13.0. The molecule has 1 unspecified atom stereocenters. The second-order valence-electron chi connectivity index (χ2n) is 6.47. The summed E-state index contributed by atoms with van der Waals surface area (Å²) in [6.07, 6.45) is 6.73. The number of guanidine groups is 1. The van der Waals surface area contributed by atoms with Crippen molar-refractivity contribution in [2.75, 3.05) is 26.2 Å². The molecule has 1 saturated carbocycles. The third-order valence-corrected chi connectivity index (χ3v) is 4.76. The van der Waals surface area contributed by atoms with Gasteiger partial charge >= 0.3 is 0 Å². The van der Waals surface area contributed by atoms with Crippen LogP contribution in [-0.2, 0) is 0 Å². The normalized spacial score (nSPS) is 23.8. The summed E-state index contributed by atoms with van der Waals surface area (Å²) in [5.74, 6) is 2.35. The van der Waals surface area contributed by atoms with E-state index in [1.807, 2.05) is 0 Å². The molecule has 0 spiro atoms. The second kappa shape index (κ2) is 9.07. The van der Waals surface area contributed by atoms with Crippen LogP contribution in [0.1, 0.15) is 46.0 Å². The molecule has 0 aromatic heterocycles. The van der Waals surface area contributed by atoms with Gasteiger partial charge in [0, 0.05) is 12.6 Å². The van der Waals surface area contributed by atoms with Crippen molar-refractivity contribution in [3.8, 4) is 0 Å². The molecule has 20 heavy (non-hydrogen) atoms. The molecule has 2 fully saturated rings. The summed E-state index contributed by atoms with van der Waals surface area (Å²) in [7, 11) is 0. The summed E-state index contributed by atoms with van der Waals surface area (Å²) in [6.45, 7) is 8.87. The average Bonchev–Trinajstić information content (AvgIpc) is 2.35. The van der Waals surface area contributed by atoms with E-state index in [1.165, 1.54) is 45.2 Å². The average molecular weight is 394 g/mol. The number of halogens is 1. The molecule has 2 rings (SSSR count). The zero-order valence-corrected chi connectivity index (χ0v) is 15.3. The van der Waals surface area contributed by atoms with E-state index in [2.05, 4.69) is 29.1 Å². The number of rotatable bonds is 5. The standard InChI is InChI=1S/C15H30N4.HI/c1-12-6-8-19(9-7-12)13(2)10-17-15(16)18-11-14-4-3-5-14;/h12-14H,3-11H2,1-2H3,(H3,16,17,18);1H. The molecule has 1 saturated heterocycles. The van der Waals surface area contributed by atoms with Crippen LogP contribution >= 0.6 is 24.0 Å². The minimum Gasteiger partial charge on any atom is -0.370 e. The van der Waals surface area contributed by atoms with Crippen molar-refractivity contribution in [2.45, 2.75) is 52.0 Å². The lowest BCUT2D eigenvalue weighted by Gasteiger charge is -2.34. The lowest BCUT2D eigenvalue weighted by molar-refractivity contribution is 0.150. The first kappa shape index (κ1) is 18.0. The maximum absolute atomic E-state index is 5.92. The Kier molecular flexibility index (Phi) is 8.17. The maximum Gasteiger partial charge on any atom is 0.188 e. The summed E-state index contributed by atoms with van der Waals surface area (Å²) in [5.41, 5.74) is 5.92. The summed E-state index contributed by atoms with van der Waals surface area (Å²) < 4.78 is 0. The highest BCUT2D eigenvalue weighted by molar-refractivity contribution is 14.0. The summed E-state index contributed by atoms with van der Waals surface area (Å²) >= 11 is 0. The van der Waals surface area contributed by atoms with Crippen molar-refractivity contribution in [1.29, 1.82) is 0 Å². The highest BCUT2D eigenvalue weighted by Gasteiger charge is 2.20. The molecule has 0 aromatic rings. The molecule has 0 radical (unpaired) electrons. The predicted molar refractivity (Wildman–Crippen MR) is 96.7 cm³/mol. The molecule has 5 heteroatoms. The monoisotopic (exact) mass is 394 g/mol. The molecule has 0 bridgehead atoms. The predicted octanol–water partition coefficient (Wildman–Crippen LogP) is 2.43. The van der Waals surface area contributed by atoms with E-state index in [1.54, 1.807) is 0 Å². The maximum atomic E-state index is 5.92. The molecule has 118 valence electrons. The molecule has 0 aromatic carbocycles. The van der Waals surface area contributed by atoms with Crippen LogP contribution in [0, 0.1) is 11.8 Å². The third kappa shape index (κ3) is 5.76. The van der Waals surface area contributed by atoms with Crippen LogP contribution in [0.4, 0.5) is 0 Å². The van der Waals surface area contributed by atoms with Crippen LogP contribution in [0.5, 0.6) is 0 Å². The van der Waals surface area contributed by atoms with Gasteiger partial charge in [0.1, 0.15) is 0 Å². The summed E-state index contributed by atoms with van der Waals surface area (Å²) in [4.78, 5) is 7.03. The minimum atomic E-state index is 0. The molecular weight excluding hydrogens is 363 g/mol. The van der Waals surface area contributed by atoms with Crippen LogP contribution < -0.4 is 11.1 Å². The van der Waals surface area contributed by atoms with E-state index >= 15 is 0 Å². The Morgan fingerprint density at radius 2 is 1.95 bits per heavy atom. The fraction of sp³-hybridized carbons (Fsp3) is 0.933. The Balaban J connectivity index is 0.00000200. The first-order chi connectivity index (χ1) is 9.15. The Morgan fingerprint density at radius 3 is 2.50 bits per heavy atom. The van der Waals surface area contributed by atoms with Gasteiger partial charge in [0.2, 0.25) is 0 Å². The topological polar surface area (TPSA) is 53.6 Å². The van der Waals surface area contributed by atoms with Gasteiger partial charge in [-0.1, -0.05) is 13.3 Å². The van der Waals surface area contributed by atoms with Crippen molar-refractivity contribution in [1.82, 2.24) is 10.2 Å². The van der Waals surface area contributed by atoms with Crippen LogP contribution in [0.3, 0.4) is 0 Å². The van der Waals surface area contributed by atoms with Gasteiger partial charge in [0.15, 0.2) is 5.96 Å². The fourth-order valence-electron chi connectivity index (χ4n) is 2.82.